The zero-order chi connectivity index (χ0) is 11.4. The van der Waals surface area contributed by atoms with E-state index in [0.717, 1.165) is 25.3 Å². The van der Waals surface area contributed by atoms with Crippen LogP contribution in [-0.4, -0.2) is 16.1 Å². The predicted molar refractivity (Wildman–Crippen MR) is 67.8 cm³/mol. The van der Waals surface area contributed by atoms with Gasteiger partial charge < -0.3 is 9.88 Å². The van der Waals surface area contributed by atoms with Gasteiger partial charge in [0.2, 0.25) is 0 Å². The first kappa shape index (κ1) is 11.4. The lowest BCUT2D eigenvalue weighted by Crippen LogP contribution is -2.11. The van der Waals surface area contributed by atoms with E-state index in [1.807, 2.05) is 6.92 Å². The standard InChI is InChI=1S/C12H17N3S/c1-3-13-6-11-4-5-15(7-11)8-12-14-10(2)9-16-12/h4-5,7,9,13H,3,6,8H2,1-2H3. The lowest BCUT2D eigenvalue weighted by Gasteiger charge is -1.99. The SMILES string of the molecule is CCNCc1ccn(Cc2nc(C)cs2)c1. The first-order valence-electron chi connectivity index (χ1n) is 5.54. The number of thiazole rings is 1. The molecule has 0 aromatic carbocycles. The third-order valence-corrected chi connectivity index (χ3v) is 3.33. The van der Waals surface area contributed by atoms with E-state index in [1.165, 1.54) is 10.6 Å². The lowest BCUT2D eigenvalue weighted by atomic mass is 10.3. The van der Waals surface area contributed by atoms with E-state index in [-0.39, 0.29) is 0 Å². The highest BCUT2D eigenvalue weighted by Gasteiger charge is 2.01. The summed E-state index contributed by atoms with van der Waals surface area (Å²) < 4.78 is 2.19. The van der Waals surface area contributed by atoms with Crippen LogP contribution in [0.25, 0.3) is 0 Å². The fraction of sp³-hybridized carbons (Fsp3) is 0.417. The lowest BCUT2D eigenvalue weighted by molar-refractivity contribution is 0.720. The van der Waals surface area contributed by atoms with Gasteiger partial charge in [-0.15, -0.1) is 11.3 Å². The predicted octanol–water partition coefficient (Wildman–Crippen LogP) is 2.41. The second-order valence-electron chi connectivity index (χ2n) is 3.86. The number of aryl methyl sites for hydroxylation is 1. The zero-order valence-electron chi connectivity index (χ0n) is 9.73. The summed E-state index contributed by atoms with van der Waals surface area (Å²) in [6, 6.07) is 2.16. The number of hydrogen-bond donors (Lipinski definition) is 1. The Morgan fingerprint density at radius 3 is 3.06 bits per heavy atom. The first-order valence-corrected chi connectivity index (χ1v) is 6.42. The van der Waals surface area contributed by atoms with Gasteiger partial charge in [-0.25, -0.2) is 4.98 Å². The summed E-state index contributed by atoms with van der Waals surface area (Å²) in [4.78, 5) is 4.46. The minimum Gasteiger partial charge on any atom is -0.347 e. The Morgan fingerprint density at radius 1 is 1.50 bits per heavy atom. The van der Waals surface area contributed by atoms with Gasteiger partial charge in [-0.3, -0.25) is 0 Å². The summed E-state index contributed by atoms with van der Waals surface area (Å²) in [5.74, 6) is 0. The third kappa shape index (κ3) is 2.93. The molecule has 2 heterocycles. The maximum Gasteiger partial charge on any atom is 0.113 e. The molecule has 0 aliphatic rings. The van der Waals surface area contributed by atoms with Gasteiger partial charge in [0.05, 0.1) is 6.54 Å². The van der Waals surface area contributed by atoms with Crippen molar-refractivity contribution in [1.82, 2.24) is 14.9 Å². The minimum atomic E-state index is 0.880. The van der Waals surface area contributed by atoms with E-state index in [1.54, 1.807) is 11.3 Å². The average Bonchev–Trinajstić information content (AvgIpc) is 2.86. The fourth-order valence-corrected chi connectivity index (χ4v) is 2.37. The number of nitrogens with one attached hydrogen (secondary N) is 1. The van der Waals surface area contributed by atoms with Crippen LogP contribution in [0.5, 0.6) is 0 Å². The van der Waals surface area contributed by atoms with Crippen molar-refractivity contribution in [2.24, 2.45) is 0 Å². The summed E-state index contributed by atoms with van der Waals surface area (Å²) in [6.45, 7) is 6.99. The molecule has 2 rings (SSSR count). The van der Waals surface area contributed by atoms with Crippen LogP contribution in [0.2, 0.25) is 0 Å². The zero-order valence-corrected chi connectivity index (χ0v) is 10.5. The van der Waals surface area contributed by atoms with Crippen LogP contribution < -0.4 is 5.32 Å². The van der Waals surface area contributed by atoms with Gasteiger partial charge in [0.1, 0.15) is 5.01 Å². The summed E-state index contributed by atoms with van der Waals surface area (Å²) in [7, 11) is 0. The molecule has 2 aromatic rings. The van der Waals surface area contributed by atoms with Crippen LogP contribution in [0.1, 0.15) is 23.2 Å². The highest BCUT2D eigenvalue weighted by molar-refractivity contribution is 7.09. The van der Waals surface area contributed by atoms with Crippen molar-refractivity contribution >= 4 is 11.3 Å². The molecule has 0 aliphatic heterocycles. The van der Waals surface area contributed by atoms with Crippen molar-refractivity contribution in [3.8, 4) is 0 Å². The molecule has 0 bridgehead atoms. The molecule has 16 heavy (non-hydrogen) atoms. The highest BCUT2D eigenvalue weighted by Crippen LogP contribution is 2.11. The Labute approximate surface area is 100 Å². The van der Waals surface area contributed by atoms with E-state index < -0.39 is 0 Å². The molecule has 0 spiro atoms. The number of aromatic nitrogens is 2. The second kappa shape index (κ2) is 5.27. The summed E-state index contributed by atoms with van der Waals surface area (Å²) in [5.41, 5.74) is 2.44. The van der Waals surface area contributed by atoms with Crippen LogP contribution in [0.15, 0.2) is 23.8 Å². The molecular weight excluding hydrogens is 218 g/mol. The highest BCUT2D eigenvalue weighted by atomic mass is 32.1. The topological polar surface area (TPSA) is 29.9 Å². The smallest absolute Gasteiger partial charge is 0.113 e. The van der Waals surface area contributed by atoms with Gasteiger partial charge in [-0.1, -0.05) is 6.92 Å². The van der Waals surface area contributed by atoms with Gasteiger partial charge in [0, 0.05) is 30.0 Å². The Kier molecular flexibility index (Phi) is 3.74. The van der Waals surface area contributed by atoms with Gasteiger partial charge >= 0.3 is 0 Å². The van der Waals surface area contributed by atoms with Crippen molar-refractivity contribution in [2.45, 2.75) is 26.9 Å². The van der Waals surface area contributed by atoms with Gasteiger partial charge in [-0.05, 0) is 25.1 Å². The van der Waals surface area contributed by atoms with Crippen LogP contribution in [0.4, 0.5) is 0 Å². The van der Waals surface area contributed by atoms with E-state index in [2.05, 4.69) is 45.6 Å². The Bertz CT molecular complexity index is 445. The number of hydrogen-bond acceptors (Lipinski definition) is 3. The molecule has 0 unspecified atom stereocenters. The largest absolute Gasteiger partial charge is 0.347 e. The minimum absolute atomic E-state index is 0.880. The van der Waals surface area contributed by atoms with E-state index >= 15 is 0 Å². The van der Waals surface area contributed by atoms with Crippen molar-refractivity contribution in [3.05, 3.63) is 40.1 Å². The monoisotopic (exact) mass is 235 g/mol. The second-order valence-corrected chi connectivity index (χ2v) is 4.80. The summed E-state index contributed by atoms with van der Waals surface area (Å²) >= 11 is 1.72. The molecule has 0 aliphatic carbocycles. The molecule has 1 N–H and O–H groups in total. The van der Waals surface area contributed by atoms with Gasteiger partial charge in [-0.2, -0.15) is 0 Å². The van der Waals surface area contributed by atoms with Crippen molar-refractivity contribution in [2.75, 3.05) is 6.54 Å². The molecule has 0 amide bonds. The first-order chi connectivity index (χ1) is 7.78. The van der Waals surface area contributed by atoms with E-state index in [9.17, 15) is 0 Å². The van der Waals surface area contributed by atoms with Crippen LogP contribution in [0.3, 0.4) is 0 Å². The third-order valence-electron chi connectivity index (χ3n) is 2.38. The Hall–Kier alpha value is -1.13. The normalized spacial score (nSPS) is 10.9. The maximum atomic E-state index is 4.46. The van der Waals surface area contributed by atoms with Crippen LogP contribution >= 0.6 is 11.3 Å². The Balaban J connectivity index is 1.97. The quantitative estimate of drug-likeness (QED) is 0.862. The molecule has 0 atom stereocenters. The van der Waals surface area contributed by atoms with Gasteiger partial charge in [0.15, 0.2) is 0 Å². The molecule has 4 heteroatoms. The molecule has 3 nitrogen and oxygen atoms in total. The van der Waals surface area contributed by atoms with Crippen LogP contribution in [0, 0.1) is 6.92 Å². The molecule has 0 saturated heterocycles. The summed E-state index contributed by atoms with van der Waals surface area (Å²) in [6.07, 6.45) is 4.29. The molecule has 0 fully saturated rings. The van der Waals surface area contributed by atoms with Crippen molar-refractivity contribution in [1.29, 1.82) is 0 Å². The van der Waals surface area contributed by atoms with Crippen LogP contribution in [-0.2, 0) is 13.1 Å². The van der Waals surface area contributed by atoms with Gasteiger partial charge in [0.25, 0.3) is 0 Å². The van der Waals surface area contributed by atoms with Crippen molar-refractivity contribution in [3.63, 3.8) is 0 Å². The Morgan fingerprint density at radius 2 is 2.38 bits per heavy atom. The van der Waals surface area contributed by atoms with E-state index in [4.69, 9.17) is 0 Å². The fourth-order valence-electron chi connectivity index (χ4n) is 1.59. The molecule has 86 valence electrons. The number of nitrogens with zero attached hydrogens (tertiary/aromatic N) is 2. The molecule has 0 radical (unpaired) electrons. The average molecular weight is 235 g/mol. The molecule has 0 saturated carbocycles. The number of rotatable bonds is 5. The van der Waals surface area contributed by atoms with Crippen molar-refractivity contribution < 1.29 is 0 Å². The molecule has 2 aromatic heterocycles. The van der Waals surface area contributed by atoms with E-state index in [0.29, 0.717) is 0 Å². The molecular formula is C12H17N3S. The maximum absolute atomic E-state index is 4.46. The summed E-state index contributed by atoms with van der Waals surface area (Å²) in [5, 5.41) is 6.58.